The lowest BCUT2D eigenvalue weighted by Crippen LogP contribution is -2.33. The van der Waals surface area contributed by atoms with E-state index in [1.54, 1.807) is 7.11 Å². The van der Waals surface area contributed by atoms with Crippen molar-refractivity contribution in [2.24, 2.45) is 5.73 Å². The fourth-order valence-corrected chi connectivity index (χ4v) is 2.06. The van der Waals surface area contributed by atoms with E-state index in [0.29, 0.717) is 6.61 Å². The van der Waals surface area contributed by atoms with Crippen molar-refractivity contribution in [3.8, 4) is 0 Å². The minimum atomic E-state index is -0.134. The molecule has 1 aromatic rings. The van der Waals surface area contributed by atoms with Crippen LogP contribution in [0.3, 0.4) is 0 Å². The van der Waals surface area contributed by atoms with Crippen LogP contribution in [0, 0.1) is 0 Å². The Morgan fingerprint density at radius 2 is 1.84 bits per heavy atom. The second-order valence-corrected chi connectivity index (χ2v) is 5.45. The van der Waals surface area contributed by atoms with Crippen LogP contribution < -0.4 is 5.73 Å². The monoisotopic (exact) mass is 265 g/mol. The van der Waals surface area contributed by atoms with Crippen molar-refractivity contribution >= 4 is 0 Å². The summed E-state index contributed by atoms with van der Waals surface area (Å²) in [6.45, 7) is 6.83. The molecule has 0 saturated carbocycles. The van der Waals surface area contributed by atoms with Crippen molar-refractivity contribution in [3.05, 3.63) is 35.9 Å². The van der Waals surface area contributed by atoms with E-state index >= 15 is 0 Å². The molecule has 2 unspecified atom stereocenters. The second kappa shape index (κ2) is 7.63. The van der Waals surface area contributed by atoms with Crippen molar-refractivity contribution < 1.29 is 9.47 Å². The molecule has 0 radical (unpaired) electrons. The summed E-state index contributed by atoms with van der Waals surface area (Å²) < 4.78 is 11.3. The maximum Gasteiger partial charge on any atom is 0.0975 e. The molecule has 0 saturated heterocycles. The molecular formula is C16H27NO2. The van der Waals surface area contributed by atoms with Crippen molar-refractivity contribution in [3.63, 3.8) is 0 Å². The summed E-state index contributed by atoms with van der Waals surface area (Å²) in [7, 11) is 1.74. The normalized spacial score (nSPS) is 15.2. The van der Waals surface area contributed by atoms with Gasteiger partial charge in [0.2, 0.25) is 0 Å². The minimum absolute atomic E-state index is 0.0169. The van der Waals surface area contributed by atoms with Gasteiger partial charge in [-0.15, -0.1) is 0 Å². The lowest BCUT2D eigenvalue weighted by molar-refractivity contribution is 0.00000341. The van der Waals surface area contributed by atoms with Gasteiger partial charge >= 0.3 is 0 Å². The summed E-state index contributed by atoms with van der Waals surface area (Å²) in [4.78, 5) is 0. The number of methoxy groups -OCH3 is 1. The standard InChI is InChI=1S/C16H27NO2/c1-5-19-15(13-9-7-6-8-10-13)14(17)11-12-16(2,3)18-4/h6-10,14-15H,5,11-12,17H2,1-4H3. The van der Waals surface area contributed by atoms with Gasteiger partial charge in [0.15, 0.2) is 0 Å². The number of hydrogen-bond acceptors (Lipinski definition) is 3. The molecular weight excluding hydrogens is 238 g/mol. The molecule has 3 heteroatoms. The van der Waals surface area contributed by atoms with Gasteiger partial charge in [-0.1, -0.05) is 30.3 Å². The Morgan fingerprint density at radius 3 is 2.37 bits per heavy atom. The van der Waals surface area contributed by atoms with E-state index < -0.39 is 0 Å². The lowest BCUT2D eigenvalue weighted by Gasteiger charge is -2.28. The van der Waals surface area contributed by atoms with Gasteiger partial charge in [-0.05, 0) is 39.2 Å². The molecule has 0 spiro atoms. The van der Waals surface area contributed by atoms with Gasteiger partial charge in [-0.2, -0.15) is 0 Å². The van der Waals surface area contributed by atoms with Crippen LogP contribution in [0.2, 0.25) is 0 Å². The smallest absolute Gasteiger partial charge is 0.0975 e. The Kier molecular flexibility index (Phi) is 6.49. The summed E-state index contributed by atoms with van der Waals surface area (Å²) in [5.41, 5.74) is 7.33. The van der Waals surface area contributed by atoms with Gasteiger partial charge in [0, 0.05) is 19.8 Å². The zero-order valence-corrected chi connectivity index (χ0v) is 12.6. The molecule has 2 atom stereocenters. The van der Waals surface area contributed by atoms with Gasteiger partial charge in [-0.3, -0.25) is 0 Å². The van der Waals surface area contributed by atoms with Crippen molar-refractivity contribution in [2.75, 3.05) is 13.7 Å². The Hall–Kier alpha value is -0.900. The molecule has 1 rings (SSSR count). The van der Waals surface area contributed by atoms with Gasteiger partial charge in [0.25, 0.3) is 0 Å². The molecule has 0 fully saturated rings. The van der Waals surface area contributed by atoms with Crippen LogP contribution in [-0.4, -0.2) is 25.4 Å². The average Bonchev–Trinajstić information content (AvgIpc) is 2.43. The summed E-state index contributed by atoms with van der Waals surface area (Å²) >= 11 is 0. The van der Waals surface area contributed by atoms with E-state index in [-0.39, 0.29) is 17.7 Å². The molecule has 0 aliphatic rings. The number of rotatable bonds is 8. The topological polar surface area (TPSA) is 44.5 Å². The van der Waals surface area contributed by atoms with Crippen molar-refractivity contribution in [2.45, 2.75) is 51.4 Å². The predicted molar refractivity (Wildman–Crippen MR) is 79.1 cm³/mol. The SMILES string of the molecule is CCOC(c1ccccc1)C(N)CCC(C)(C)OC. The molecule has 0 bridgehead atoms. The lowest BCUT2D eigenvalue weighted by atomic mass is 9.93. The van der Waals surface area contributed by atoms with Crippen LogP contribution in [0.4, 0.5) is 0 Å². The van der Waals surface area contributed by atoms with E-state index in [9.17, 15) is 0 Å². The minimum Gasteiger partial charge on any atom is -0.379 e. The highest BCUT2D eigenvalue weighted by molar-refractivity contribution is 5.19. The second-order valence-electron chi connectivity index (χ2n) is 5.45. The first-order valence-electron chi connectivity index (χ1n) is 6.97. The average molecular weight is 265 g/mol. The molecule has 19 heavy (non-hydrogen) atoms. The van der Waals surface area contributed by atoms with Crippen LogP contribution in [0.5, 0.6) is 0 Å². The third-order valence-corrected chi connectivity index (χ3v) is 3.50. The van der Waals surface area contributed by atoms with Gasteiger partial charge in [0.05, 0.1) is 11.7 Å². The van der Waals surface area contributed by atoms with Crippen LogP contribution in [0.1, 0.15) is 45.3 Å². The van der Waals surface area contributed by atoms with Crippen LogP contribution in [0.15, 0.2) is 30.3 Å². The van der Waals surface area contributed by atoms with E-state index in [2.05, 4.69) is 26.0 Å². The van der Waals surface area contributed by atoms with E-state index in [4.69, 9.17) is 15.2 Å². The Balaban J connectivity index is 2.66. The van der Waals surface area contributed by atoms with Gasteiger partial charge in [-0.25, -0.2) is 0 Å². The number of nitrogens with two attached hydrogens (primary N) is 1. The van der Waals surface area contributed by atoms with E-state index in [1.807, 2.05) is 25.1 Å². The van der Waals surface area contributed by atoms with E-state index in [0.717, 1.165) is 18.4 Å². The Morgan fingerprint density at radius 1 is 1.21 bits per heavy atom. The summed E-state index contributed by atoms with van der Waals surface area (Å²) in [5.74, 6) is 0. The predicted octanol–water partition coefficient (Wildman–Crippen LogP) is 3.30. The summed E-state index contributed by atoms with van der Waals surface area (Å²) in [5, 5.41) is 0. The molecule has 2 N–H and O–H groups in total. The van der Waals surface area contributed by atoms with Gasteiger partial charge in [0.1, 0.15) is 0 Å². The fraction of sp³-hybridized carbons (Fsp3) is 0.625. The number of benzene rings is 1. The molecule has 1 aromatic carbocycles. The maximum atomic E-state index is 6.32. The molecule has 0 aliphatic carbocycles. The highest BCUT2D eigenvalue weighted by Crippen LogP contribution is 2.25. The fourth-order valence-electron chi connectivity index (χ4n) is 2.06. The summed E-state index contributed by atoms with van der Waals surface area (Å²) in [6.07, 6.45) is 1.75. The van der Waals surface area contributed by atoms with E-state index in [1.165, 1.54) is 0 Å². The first kappa shape index (κ1) is 16.2. The number of ether oxygens (including phenoxy) is 2. The highest BCUT2D eigenvalue weighted by Gasteiger charge is 2.24. The third-order valence-electron chi connectivity index (χ3n) is 3.50. The zero-order valence-electron chi connectivity index (χ0n) is 12.6. The first-order chi connectivity index (χ1) is 9.00. The maximum absolute atomic E-state index is 6.32. The Labute approximate surface area is 117 Å². The Bertz CT molecular complexity index is 351. The van der Waals surface area contributed by atoms with Crippen molar-refractivity contribution in [1.82, 2.24) is 0 Å². The summed E-state index contributed by atoms with van der Waals surface area (Å²) in [6, 6.07) is 10.2. The third kappa shape index (κ3) is 5.31. The largest absolute Gasteiger partial charge is 0.379 e. The molecule has 0 aromatic heterocycles. The van der Waals surface area contributed by atoms with Crippen LogP contribution in [0.25, 0.3) is 0 Å². The molecule has 108 valence electrons. The highest BCUT2D eigenvalue weighted by atomic mass is 16.5. The van der Waals surface area contributed by atoms with Gasteiger partial charge < -0.3 is 15.2 Å². The molecule has 3 nitrogen and oxygen atoms in total. The van der Waals surface area contributed by atoms with Crippen LogP contribution in [-0.2, 0) is 9.47 Å². The quantitative estimate of drug-likeness (QED) is 0.784. The van der Waals surface area contributed by atoms with Crippen molar-refractivity contribution in [1.29, 1.82) is 0 Å². The zero-order chi connectivity index (χ0) is 14.3. The molecule has 0 aliphatic heterocycles. The molecule has 0 amide bonds. The van der Waals surface area contributed by atoms with Crippen LogP contribution >= 0.6 is 0 Å². The number of hydrogen-bond donors (Lipinski definition) is 1. The molecule has 0 heterocycles. The first-order valence-corrected chi connectivity index (χ1v) is 6.97.